The molecular weight excluding hydrogens is 270 g/mol. The van der Waals surface area contributed by atoms with Crippen molar-refractivity contribution in [2.24, 2.45) is 5.92 Å². The third-order valence-corrected chi connectivity index (χ3v) is 4.43. The van der Waals surface area contributed by atoms with Gasteiger partial charge in [-0.3, -0.25) is 4.98 Å². The number of hydrogen-bond acceptors (Lipinski definition) is 2. The number of hydrogen-bond donors (Lipinski definition) is 1. The average Bonchev–Trinajstić information content (AvgIpc) is 2.97. The van der Waals surface area contributed by atoms with Crippen LogP contribution >= 0.6 is 0 Å². The van der Waals surface area contributed by atoms with Gasteiger partial charge in [0, 0.05) is 24.4 Å². The van der Waals surface area contributed by atoms with E-state index in [2.05, 4.69) is 22.5 Å². The Morgan fingerprint density at radius 2 is 2.14 bits per heavy atom. The monoisotopic (exact) mass is 284 g/mol. The molecule has 1 aromatic carbocycles. The highest BCUT2D eigenvalue weighted by Crippen LogP contribution is 2.50. The van der Waals surface area contributed by atoms with Crippen molar-refractivity contribution in [3.63, 3.8) is 0 Å². The van der Waals surface area contributed by atoms with E-state index in [1.54, 1.807) is 12.4 Å². The highest BCUT2D eigenvalue weighted by atomic mass is 19.1. The zero-order valence-corrected chi connectivity index (χ0v) is 11.3. The summed E-state index contributed by atoms with van der Waals surface area (Å²) in [5.74, 6) is -0.732. The molecule has 0 fully saturated rings. The van der Waals surface area contributed by atoms with Gasteiger partial charge >= 0.3 is 0 Å². The second-order valence-electron chi connectivity index (χ2n) is 5.61. The van der Waals surface area contributed by atoms with E-state index in [-0.39, 0.29) is 17.9 Å². The second kappa shape index (κ2) is 4.65. The fourth-order valence-corrected chi connectivity index (χ4v) is 3.51. The SMILES string of the molecule is Fc1cc(F)c2c(c1)[C@H]1C=CC[C@H]1C(c1cccnc1)N2. The number of fused-ring (bicyclic) bond motifs is 3. The van der Waals surface area contributed by atoms with Crippen LogP contribution in [0.5, 0.6) is 0 Å². The van der Waals surface area contributed by atoms with Crippen LogP contribution in [0.15, 0.2) is 48.8 Å². The first-order valence-electron chi connectivity index (χ1n) is 7.06. The molecule has 0 radical (unpaired) electrons. The topological polar surface area (TPSA) is 24.9 Å². The van der Waals surface area contributed by atoms with Gasteiger partial charge in [-0.15, -0.1) is 0 Å². The van der Waals surface area contributed by atoms with Gasteiger partial charge in [0.2, 0.25) is 0 Å². The molecule has 0 amide bonds. The van der Waals surface area contributed by atoms with E-state index in [1.165, 1.54) is 6.07 Å². The van der Waals surface area contributed by atoms with Crippen LogP contribution in [0.2, 0.25) is 0 Å². The van der Waals surface area contributed by atoms with Crippen LogP contribution in [0.3, 0.4) is 0 Å². The normalized spacial score (nSPS) is 26.1. The van der Waals surface area contributed by atoms with Gasteiger partial charge < -0.3 is 5.32 Å². The van der Waals surface area contributed by atoms with Gasteiger partial charge in [-0.1, -0.05) is 18.2 Å². The number of nitrogens with one attached hydrogen (secondary N) is 1. The van der Waals surface area contributed by atoms with Crippen LogP contribution in [0.1, 0.15) is 29.5 Å². The molecular formula is C17H14F2N2. The number of pyridine rings is 1. The lowest BCUT2D eigenvalue weighted by Gasteiger charge is -2.37. The number of aromatic nitrogens is 1. The van der Waals surface area contributed by atoms with E-state index in [1.807, 2.05) is 12.1 Å². The molecule has 0 bridgehead atoms. The quantitative estimate of drug-likeness (QED) is 0.794. The summed E-state index contributed by atoms with van der Waals surface area (Å²) in [5, 5.41) is 3.26. The van der Waals surface area contributed by atoms with Gasteiger partial charge in [-0.2, -0.15) is 0 Å². The molecule has 21 heavy (non-hydrogen) atoms. The Kier molecular flexibility index (Phi) is 2.77. The van der Waals surface area contributed by atoms with Crippen LogP contribution < -0.4 is 5.32 Å². The van der Waals surface area contributed by atoms with Gasteiger partial charge in [0.1, 0.15) is 11.6 Å². The highest BCUT2D eigenvalue weighted by Gasteiger charge is 2.39. The summed E-state index contributed by atoms with van der Waals surface area (Å²) in [6.45, 7) is 0. The molecule has 2 aromatic rings. The summed E-state index contributed by atoms with van der Waals surface area (Å²) < 4.78 is 27.7. The van der Waals surface area contributed by atoms with Crippen molar-refractivity contribution < 1.29 is 8.78 Å². The summed E-state index contributed by atoms with van der Waals surface area (Å²) >= 11 is 0. The molecule has 1 aromatic heterocycles. The lowest BCUT2D eigenvalue weighted by Crippen LogP contribution is -2.30. The molecule has 2 aliphatic rings. The van der Waals surface area contributed by atoms with E-state index in [4.69, 9.17) is 0 Å². The first-order chi connectivity index (χ1) is 10.2. The van der Waals surface area contributed by atoms with Crippen LogP contribution in [-0.4, -0.2) is 4.98 Å². The number of halogens is 2. The third-order valence-electron chi connectivity index (χ3n) is 4.43. The fourth-order valence-electron chi connectivity index (χ4n) is 3.51. The first kappa shape index (κ1) is 12.5. The molecule has 3 atom stereocenters. The maximum Gasteiger partial charge on any atom is 0.149 e. The second-order valence-corrected chi connectivity index (χ2v) is 5.61. The van der Waals surface area contributed by atoms with E-state index >= 15 is 0 Å². The van der Waals surface area contributed by atoms with Gasteiger partial charge in [0.05, 0.1) is 11.7 Å². The number of anilines is 1. The summed E-state index contributed by atoms with van der Waals surface area (Å²) in [4.78, 5) is 4.15. The van der Waals surface area contributed by atoms with Crippen molar-refractivity contribution in [2.75, 3.05) is 5.32 Å². The Morgan fingerprint density at radius 3 is 2.95 bits per heavy atom. The maximum atomic E-state index is 14.1. The Hall–Kier alpha value is -2.23. The van der Waals surface area contributed by atoms with Gasteiger partial charge in [0.15, 0.2) is 0 Å². The van der Waals surface area contributed by atoms with Crippen molar-refractivity contribution >= 4 is 5.69 Å². The number of benzene rings is 1. The average molecular weight is 284 g/mol. The van der Waals surface area contributed by atoms with Crippen LogP contribution in [0, 0.1) is 17.6 Å². The van der Waals surface area contributed by atoms with E-state index < -0.39 is 11.6 Å². The highest BCUT2D eigenvalue weighted by molar-refractivity contribution is 5.60. The number of allylic oxidation sites excluding steroid dienone is 2. The maximum absolute atomic E-state index is 14.1. The van der Waals surface area contributed by atoms with Crippen molar-refractivity contribution in [1.29, 1.82) is 0 Å². The molecule has 0 saturated heterocycles. The summed E-state index contributed by atoms with van der Waals surface area (Å²) in [7, 11) is 0. The predicted molar refractivity (Wildman–Crippen MR) is 76.9 cm³/mol. The van der Waals surface area contributed by atoms with E-state index in [9.17, 15) is 8.78 Å². The largest absolute Gasteiger partial charge is 0.375 e. The summed E-state index contributed by atoms with van der Waals surface area (Å²) in [5.41, 5.74) is 2.16. The van der Waals surface area contributed by atoms with E-state index in [0.717, 1.165) is 18.1 Å². The molecule has 2 nitrogen and oxygen atoms in total. The van der Waals surface area contributed by atoms with E-state index in [0.29, 0.717) is 11.3 Å². The Morgan fingerprint density at radius 1 is 1.24 bits per heavy atom. The molecule has 0 spiro atoms. The summed E-state index contributed by atoms with van der Waals surface area (Å²) in [6.07, 6.45) is 8.58. The summed E-state index contributed by atoms with van der Waals surface area (Å²) in [6, 6.07) is 6.24. The standard InChI is InChI=1S/C17H14F2N2/c18-11-7-14-12-4-1-5-13(12)16(10-3-2-6-20-9-10)21-17(14)15(19)8-11/h1-4,6-9,12-13,16,21H,5H2/t12-,13+,16?/m0/s1. The molecule has 0 saturated carbocycles. The van der Waals surface area contributed by atoms with Gasteiger partial charge in [-0.05, 0) is 35.6 Å². The minimum atomic E-state index is -0.530. The van der Waals surface area contributed by atoms with Crippen molar-refractivity contribution in [1.82, 2.24) is 4.98 Å². The molecule has 2 heterocycles. The minimum absolute atomic E-state index is 0.00818. The van der Waals surface area contributed by atoms with Gasteiger partial charge in [-0.25, -0.2) is 8.78 Å². The molecule has 1 aliphatic carbocycles. The molecule has 1 unspecified atom stereocenters. The van der Waals surface area contributed by atoms with Crippen LogP contribution in [0.25, 0.3) is 0 Å². The lowest BCUT2D eigenvalue weighted by molar-refractivity contribution is 0.417. The van der Waals surface area contributed by atoms with Crippen molar-refractivity contribution in [2.45, 2.75) is 18.4 Å². The van der Waals surface area contributed by atoms with Gasteiger partial charge in [0.25, 0.3) is 0 Å². The van der Waals surface area contributed by atoms with Crippen LogP contribution in [0.4, 0.5) is 14.5 Å². The Balaban J connectivity index is 1.84. The number of nitrogens with zero attached hydrogens (tertiary/aromatic N) is 1. The lowest BCUT2D eigenvalue weighted by atomic mass is 9.77. The molecule has 4 rings (SSSR count). The molecule has 1 aliphatic heterocycles. The molecule has 1 N–H and O–H groups in total. The Labute approximate surface area is 121 Å². The third kappa shape index (κ3) is 1.94. The first-order valence-corrected chi connectivity index (χ1v) is 7.06. The van der Waals surface area contributed by atoms with Crippen molar-refractivity contribution in [3.05, 3.63) is 71.6 Å². The Bertz CT molecular complexity index is 712. The van der Waals surface area contributed by atoms with Crippen molar-refractivity contribution in [3.8, 4) is 0 Å². The smallest absolute Gasteiger partial charge is 0.149 e. The fraction of sp³-hybridized carbons (Fsp3) is 0.235. The zero-order valence-electron chi connectivity index (χ0n) is 11.3. The number of rotatable bonds is 1. The van der Waals surface area contributed by atoms with Crippen LogP contribution in [-0.2, 0) is 0 Å². The zero-order chi connectivity index (χ0) is 14.4. The predicted octanol–water partition coefficient (Wildman–Crippen LogP) is 4.19. The molecule has 4 heteroatoms. The minimum Gasteiger partial charge on any atom is -0.375 e. The molecule has 106 valence electrons.